The van der Waals surface area contributed by atoms with E-state index < -0.39 is 75.7 Å². The average Bonchev–Trinajstić information content (AvgIpc) is 3.41. The second kappa shape index (κ2) is 12.6. The van der Waals surface area contributed by atoms with Crippen LogP contribution in [0.15, 0.2) is 42.6 Å². The van der Waals surface area contributed by atoms with Crippen molar-refractivity contribution in [3.8, 4) is 11.1 Å². The number of carbonyl (C=O) groups excluding carboxylic acids is 1. The van der Waals surface area contributed by atoms with Crippen LogP contribution in [0, 0.1) is 17.6 Å². The molecule has 2 aromatic carbocycles. The number of H-pyrrole nitrogens is 1. The highest BCUT2D eigenvalue weighted by Crippen LogP contribution is 2.68. The summed E-state index contributed by atoms with van der Waals surface area (Å²) in [6.07, 6.45) is -1.04. The summed E-state index contributed by atoms with van der Waals surface area (Å²) >= 11 is 13.0. The Morgan fingerprint density at radius 2 is 1.78 bits per heavy atom. The van der Waals surface area contributed by atoms with E-state index in [0.717, 1.165) is 18.4 Å². The lowest BCUT2D eigenvalue weighted by Crippen LogP contribution is -2.35. The Bertz CT molecular complexity index is 2640. The molecule has 0 unspecified atom stereocenters. The minimum absolute atomic E-state index is 0.0307. The largest absolute Gasteiger partial charge is 0.358 e. The molecular weight excluding hydrogens is 785 g/mol. The highest BCUT2D eigenvalue weighted by atomic mass is 35.5. The standard InChI is InChI=1S/C34H26Cl2F6N8O3S/c1-49-30-16(3-4-20(35)26(30)33(47-49)48-54(2,52)53)17-10-22-28(21(36)11-43-22)45-27(17)23(7-13-5-14(37)8-15(38)6-13)44-24(51)12-50-31-25(29(46-50)32(39)40)18-9-19(18)34(31,41)42/h3-6,8,10-11,18-19,23,32,43H,7,9,12H2,1-2H3,(H,44,51)(H,47,48)/t18-,19+,23-/m0/s1. The zero-order valence-corrected chi connectivity index (χ0v) is 30.2. The summed E-state index contributed by atoms with van der Waals surface area (Å²) in [7, 11) is -2.28. The van der Waals surface area contributed by atoms with Crippen LogP contribution in [0.2, 0.25) is 10.0 Å². The number of aryl methyl sites for hydroxylation is 1. The summed E-state index contributed by atoms with van der Waals surface area (Å²) in [4.78, 5) is 21.6. The number of hydrogen-bond donors (Lipinski definition) is 3. The normalized spacial score (nSPS) is 18.0. The van der Waals surface area contributed by atoms with E-state index in [1.54, 1.807) is 12.1 Å². The van der Waals surface area contributed by atoms with E-state index in [2.05, 4.69) is 25.2 Å². The Morgan fingerprint density at radius 1 is 1.06 bits per heavy atom. The smallest absolute Gasteiger partial charge is 0.293 e. The van der Waals surface area contributed by atoms with E-state index in [-0.39, 0.29) is 56.4 Å². The number of benzene rings is 2. The van der Waals surface area contributed by atoms with Crippen LogP contribution in [-0.4, -0.2) is 50.1 Å². The quantitative estimate of drug-likeness (QED) is 0.122. The molecule has 0 bridgehead atoms. The third kappa shape index (κ3) is 6.13. The predicted octanol–water partition coefficient (Wildman–Crippen LogP) is 7.52. The third-order valence-corrected chi connectivity index (χ3v) is 10.8. The molecule has 4 heterocycles. The third-order valence-electron chi connectivity index (χ3n) is 9.63. The lowest BCUT2D eigenvalue weighted by Gasteiger charge is -2.23. The van der Waals surface area contributed by atoms with Gasteiger partial charge in [-0.2, -0.15) is 19.0 Å². The highest BCUT2D eigenvalue weighted by Gasteiger charge is 2.67. The highest BCUT2D eigenvalue weighted by molar-refractivity contribution is 7.92. The molecule has 0 saturated heterocycles. The lowest BCUT2D eigenvalue weighted by atomic mass is 9.93. The SMILES string of the molecule is Cn1nc(NS(C)(=O)=O)c2c(Cl)ccc(-c3cc4[nH]cc(Cl)c4nc3[C@H](Cc3cc(F)cc(F)c3)NC(=O)Cn3nc(C(F)F)c4c3C(F)(F)[C@@H]3C[C@H]43)c21. The molecule has 0 aliphatic heterocycles. The number of halogens is 8. The molecule has 1 amide bonds. The molecule has 6 aromatic rings. The Hall–Kier alpha value is -4.81. The Kier molecular flexibility index (Phi) is 8.46. The summed E-state index contributed by atoms with van der Waals surface area (Å²) in [5.74, 6) is -8.29. The van der Waals surface area contributed by atoms with Gasteiger partial charge in [0.1, 0.15) is 35.1 Å². The maximum absolute atomic E-state index is 15.3. The molecule has 3 N–H and O–H groups in total. The van der Waals surface area contributed by atoms with Gasteiger partial charge < -0.3 is 10.3 Å². The second-order valence-electron chi connectivity index (χ2n) is 13.4. The molecule has 1 saturated carbocycles. The number of sulfonamides is 1. The van der Waals surface area contributed by atoms with Gasteiger partial charge in [0, 0.05) is 41.9 Å². The molecular formula is C34H26Cl2F6N8O3S. The van der Waals surface area contributed by atoms with Crippen molar-refractivity contribution in [2.45, 2.75) is 43.7 Å². The summed E-state index contributed by atoms with van der Waals surface area (Å²) in [5, 5.41) is 11.3. The predicted molar refractivity (Wildman–Crippen MR) is 187 cm³/mol. The number of fused-ring (bicyclic) bond motifs is 5. The first-order valence-electron chi connectivity index (χ1n) is 16.2. The van der Waals surface area contributed by atoms with Gasteiger partial charge >= 0.3 is 0 Å². The van der Waals surface area contributed by atoms with E-state index in [0.29, 0.717) is 32.9 Å². The number of anilines is 1. The second-order valence-corrected chi connectivity index (χ2v) is 16.0. The molecule has 20 heteroatoms. The van der Waals surface area contributed by atoms with Gasteiger partial charge in [0.15, 0.2) is 5.82 Å². The number of rotatable bonds is 10. The van der Waals surface area contributed by atoms with E-state index in [4.69, 9.17) is 28.2 Å². The average molecular weight is 812 g/mol. The minimum atomic E-state index is -3.81. The number of amides is 1. The van der Waals surface area contributed by atoms with E-state index >= 15 is 8.78 Å². The van der Waals surface area contributed by atoms with E-state index in [1.807, 2.05) is 0 Å². The minimum Gasteiger partial charge on any atom is -0.358 e. The van der Waals surface area contributed by atoms with Crippen molar-refractivity contribution in [1.29, 1.82) is 0 Å². The number of pyridine rings is 1. The van der Waals surface area contributed by atoms with E-state index in [1.165, 1.54) is 24.0 Å². The topological polar surface area (TPSA) is 140 Å². The van der Waals surface area contributed by atoms with Gasteiger partial charge in [0.05, 0.1) is 44.5 Å². The Labute approximate surface area is 311 Å². The lowest BCUT2D eigenvalue weighted by molar-refractivity contribution is -0.123. The number of aromatic nitrogens is 6. The summed E-state index contributed by atoms with van der Waals surface area (Å²) in [5.41, 5.74) is 0.00361. The molecule has 2 aliphatic carbocycles. The number of alkyl halides is 4. The van der Waals surface area contributed by atoms with Gasteiger partial charge in [-0.3, -0.25) is 18.9 Å². The fourth-order valence-electron chi connectivity index (χ4n) is 7.49. The maximum Gasteiger partial charge on any atom is 0.293 e. The number of aromatic amines is 1. The van der Waals surface area contributed by atoms with Crippen LogP contribution >= 0.6 is 23.2 Å². The fourth-order valence-corrected chi connectivity index (χ4v) is 8.42. The van der Waals surface area contributed by atoms with Crippen molar-refractivity contribution >= 4 is 66.9 Å². The molecule has 11 nitrogen and oxygen atoms in total. The van der Waals surface area contributed by atoms with Crippen LogP contribution in [0.3, 0.4) is 0 Å². The summed E-state index contributed by atoms with van der Waals surface area (Å²) in [6, 6.07) is 6.18. The number of nitrogens with one attached hydrogen (secondary N) is 3. The van der Waals surface area contributed by atoms with Gasteiger partial charge in [-0.05, 0) is 48.6 Å². The zero-order valence-electron chi connectivity index (χ0n) is 27.9. The van der Waals surface area contributed by atoms with Crippen LogP contribution in [0.5, 0.6) is 0 Å². The zero-order chi connectivity index (χ0) is 38.6. The molecule has 3 atom stereocenters. The number of carbonyl (C=O) groups is 1. The fraction of sp³-hybridized carbons (Fsp3) is 0.294. The first kappa shape index (κ1) is 36.2. The molecule has 54 heavy (non-hydrogen) atoms. The number of nitrogens with zero attached hydrogens (tertiary/aromatic N) is 5. The van der Waals surface area contributed by atoms with Gasteiger partial charge in [0.25, 0.3) is 12.3 Å². The Morgan fingerprint density at radius 3 is 2.46 bits per heavy atom. The van der Waals surface area contributed by atoms with Crippen LogP contribution in [0.4, 0.5) is 32.2 Å². The molecule has 0 spiro atoms. The molecule has 2 aliphatic rings. The van der Waals surface area contributed by atoms with Crippen LogP contribution < -0.4 is 10.0 Å². The van der Waals surface area contributed by atoms with Crippen molar-refractivity contribution < 1.29 is 39.6 Å². The van der Waals surface area contributed by atoms with Crippen molar-refractivity contribution in [2.75, 3.05) is 11.0 Å². The van der Waals surface area contributed by atoms with Crippen molar-refractivity contribution in [2.24, 2.45) is 13.0 Å². The number of hydrogen-bond acceptors (Lipinski definition) is 6. The van der Waals surface area contributed by atoms with Crippen LogP contribution in [0.1, 0.15) is 53.0 Å². The van der Waals surface area contributed by atoms with Crippen molar-refractivity contribution in [3.63, 3.8) is 0 Å². The van der Waals surface area contributed by atoms with Crippen LogP contribution in [0.25, 0.3) is 33.1 Å². The first-order valence-corrected chi connectivity index (χ1v) is 18.9. The molecule has 8 rings (SSSR count). The summed E-state index contributed by atoms with van der Waals surface area (Å²) in [6.45, 7) is -0.895. The van der Waals surface area contributed by atoms with Crippen LogP contribution in [-0.2, 0) is 40.8 Å². The Balaban J connectivity index is 1.28. The molecule has 1 fully saturated rings. The molecule has 282 valence electrons. The molecule has 0 radical (unpaired) electrons. The van der Waals surface area contributed by atoms with Gasteiger partial charge in [-0.1, -0.05) is 29.3 Å². The summed E-state index contributed by atoms with van der Waals surface area (Å²) < 4.78 is 116. The molecule has 4 aromatic heterocycles. The first-order chi connectivity index (χ1) is 25.4. The monoisotopic (exact) mass is 810 g/mol. The van der Waals surface area contributed by atoms with Gasteiger partial charge in [0.2, 0.25) is 15.9 Å². The van der Waals surface area contributed by atoms with E-state index in [9.17, 15) is 30.8 Å². The maximum atomic E-state index is 15.3. The van der Waals surface area contributed by atoms with Crippen molar-refractivity contribution in [1.82, 2.24) is 34.8 Å². The van der Waals surface area contributed by atoms with Gasteiger partial charge in [-0.15, -0.1) is 0 Å². The van der Waals surface area contributed by atoms with Crippen molar-refractivity contribution in [3.05, 3.63) is 92.5 Å². The van der Waals surface area contributed by atoms with Gasteiger partial charge in [-0.25, -0.2) is 31.0 Å².